The number of hydrogen-bond donors (Lipinski definition) is 1. The highest BCUT2D eigenvalue weighted by molar-refractivity contribution is 7.17. The van der Waals surface area contributed by atoms with Crippen LogP contribution in [-0.4, -0.2) is 9.97 Å². The minimum Gasteiger partial charge on any atom is -0.340 e. The number of halogens is 2. The van der Waals surface area contributed by atoms with Gasteiger partial charge < -0.3 is 5.32 Å². The molecule has 2 heterocycles. The summed E-state index contributed by atoms with van der Waals surface area (Å²) in [6.07, 6.45) is 0. The minimum absolute atomic E-state index is 0.229. The van der Waals surface area contributed by atoms with Crippen molar-refractivity contribution in [2.75, 3.05) is 5.32 Å². The van der Waals surface area contributed by atoms with Gasteiger partial charge in [0.2, 0.25) is 5.28 Å². The summed E-state index contributed by atoms with van der Waals surface area (Å²) < 4.78 is 0. The molecular weight excluding hydrogens is 373 g/mol. The second kappa shape index (κ2) is 6.64. The third kappa shape index (κ3) is 3.33. The molecule has 4 rings (SSSR count). The van der Waals surface area contributed by atoms with Crippen LogP contribution >= 0.6 is 34.5 Å². The fourth-order valence-electron chi connectivity index (χ4n) is 2.71. The van der Waals surface area contributed by atoms with Gasteiger partial charge in [0.1, 0.15) is 10.6 Å². The van der Waals surface area contributed by atoms with Gasteiger partial charge in [-0.15, -0.1) is 11.3 Å². The lowest BCUT2D eigenvalue weighted by Gasteiger charge is -2.10. The van der Waals surface area contributed by atoms with E-state index in [-0.39, 0.29) is 5.28 Å². The summed E-state index contributed by atoms with van der Waals surface area (Å²) in [6.45, 7) is 2.05. The molecule has 124 valence electrons. The first-order valence-corrected chi connectivity index (χ1v) is 9.28. The first-order valence-electron chi connectivity index (χ1n) is 7.64. The number of benzene rings is 2. The Bertz CT molecular complexity index is 1060. The monoisotopic (exact) mass is 385 g/mol. The fourth-order valence-corrected chi connectivity index (χ4v) is 4.00. The van der Waals surface area contributed by atoms with Crippen LogP contribution in [0.4, 0.5) is 11.5 Å². The average molecular weight is 386 g/mol. The zero-order valence-corrected chi connectivity index (χ0v) is 15.6. The summed E-state index contributed by atoms with van der Waals surface area (Å²) in [6, 6.07) is 15.9. The molecule has 0 aliphatic heterocycles. The molecule has 0 saturated heterocycles. The van der Waals surface area contributed by atoms with Crippen molar-refractivity contribution in [3.63, 3.8) is 0 Å². The predicted molar refractivity (Wildman–Crippen MR) is 107 cm³/mol. The summed E-state index contributed by atoms with van der Waals surface area (Å²) in [7, 11) is 0. The van der Waals surface area contributed by atoms with Crippen LogP contribution in [0.1, 0.15) is 5.56 Å². The van der Waals surface area contributed by atoms with Crippen LogP contribution in [0.25, 0.3) is 21.3 Å². The molecule has 25 heavy (non-hydrogen) atoms. The number of aromatic nitrogens is 2. The summed E-state index contributed by atoms with van der Waals surface area (Å²) in [5, 5.41) is 7.35. The highest BCUT2D eigenvalue weighted by Gasteiger charge is 2.15. The molecule has 4 aromatic rings. The van der Waals surface area contributed by atoms with Crippen LogP contribution in [0.5, 0.6) is 0 Å². The second-order valence-electron chi connectivity index (χ2n) is 5.67. The quantitative estimate of drug-likeness (QED) is 0.397. The van der Waals surface area contributed by atoms with E-state index < -0.39 is 0 Å². The van der Waals surface area contributed by atoms with Gasteiger partial charge in [0.05, 0.1) is 5.39 Å². The van der Waals surface area contributed by atoms with Gasteiger partial charge in [-0.05, 0) is 53.9 Å². The standard InChI is InChI=1S/C19H13Cl2N3S/c1-11-3-2-4-14(9-11)22-17-16-15(12-5-7-13(20)8-6-12)10-25-18(16)24-19(21)23-17/h2-10H,1H3,(H,22,23,24). The van der Waals surface area contributed by atoms with E-state index in [1.807, 2.05) is 36.4 Å². The smallest absolute Gasteiger partial charge is 0.225 e. The number of aryl methyl sites for hydroxylation is 1. The lowest BCUT2D eigenvalue weighted by Crippen LogP contribution is -1.97. The van der Waals surface area contributed by atoms with Crippen LogP contribution in [0.3, 0.4) is 0 Å². The van der Waals surface area contributed by atoms with Crippen LogP contribution < -0.4 is 5.32 Å². The first kappa shape index (κ1) is 16.3. The van der Waals surface area contributed by atoms with Gasteiger partial charge >= 0.3 is 0 Å². The molecule has 0 spiro atoms. The van der Waals surface area contributed by atoms with Gasteiger partial charge in [0.25, 0.3) is 0 Å². The van der Waals surface area contributed by atoms with Crippen molar-refractivity contribution in [3.8, 4) is 11.1 Å². The number of hydrogen-bond acceptors (Lipinski definition) is 4. The first-order chi connectivity index (χ1) is 12.1. The van der Waals surface area contributed by atoms with E-state index in [2.05, 4.69) is 39.7 Å². The van der Waals surface area contributed by atoms with E-state index >= 15 is 0 Å². The largest absolute Gasteiger partial charge is 0.340 e. The minimum atomic E-state index is 0.229. The summed E-state index contributed by atoms with van der Waals surface area (Å²) in [4.78, 5) is 9.64. The third-order valence-corrected chi connectivity index (χ3v) is 5.14. The zero-order chi connectivity index (χ0) is 17.4. The number of anilines is 2. The van der Waals surface area contributed by atoms with Crippen LogP contribution in [-0.2, 0) is 0 Å². The molecule has 0 atom stereocenters. The van der Waals surface area contributed by atoms with E-state index in [1.165, 1.54) is 5.56 Å². The van der Waals surface area contributed by atoms with Gasteiger partial charge in [-0.3, -0.25) is 0 Å². The van der Waals surface area contributed by atoms with Crippen molar-refractivity contribution in [3.05, 3.63) is 69.8 Å². The SMILES string of the molecule is Cc1cccc(Nc2nc(Cl)nc3scc(-c4ccc(Cl)cc4)c23)c1. The molecule has 2 aromatic carbocycles. The van der Waals surface area contributed by atoms with Crippen molar-refractivity contribution >= 4 is 56.3 Å². The van der Waals surface area contributed by atoms with Crippen LogP contribution in [0.2, 0.25) is 10.3 Å². The molecular formula is C19H13Cl2N3S. The second-order valence-corrected chi connectivity index (χ2v) is 7.30. The van der Waals surface area contributed by atoms with Gasteiger partial charge in [-0.2, -0.15) is 4.98 Å². The molecule has 0 saturated carbocycles. The highest BCUT2D eigenvalue weighted by Crippen LogP contribution is 2.38. The Morgan fingerprint density at radius 3 is 2.56 bits per heavy atom. The Labute approximate surface area is 159 Å². The molecule has 0 aliphatic rings. The lowest BCUT2D eigenvalue weighted by atomic mass is 10.1. The van der Waals surface area contributed by atoms with Crippen LogP contribution in [0, 0.1) is 6.92 Å². The lowest BCUT2D eigenvalue weighted by molar-refractivity contribution is 1.23. The van der Waals surface area contributed by atoms with E-state index in [9.17, 15) is 0 Å². The molecule has 0 aliphatic carbocycles. The predicted octanol–water partition coefficient (Wildman–Crippen LogP) is 6.72. The fraction of sp³-hybridized carbons (Fsp3) is 0.0526. The molecule has 0 radical (unpaired) electrons. The Morgan fingerprint density at radius 2 is 1.80 bits per heavy atom. The maximum Gasteiger partial charge on any atom is 0.225 e. The molecule has 0 bridgehead atoms. The summed E-state index contributed by atoms with van der Waals surface area (Å²) in [5.74, 6) is 0.701. The Balaban J connectivity index is 1.88. The van der Waals surface area contributed by atoms with E-state index in [0.717, 1.165) is 27.0 Å². The van der Waals surface area contributed by atoms with E-state index in [4.69, 9.17) is 23.2 Å². The van der Waals surface area contributed by atoms with Crippen LogP contribution in [0.15, 0.2) is 53.9 Å². The molecule has 0 unspecified atom stereocenters. The Morgan fingerprint density at radius 1 is 1.00 bits per heavy atom. The molecule has 1 N–H and O–H groups in total. The maximum absolute atomic E-state index is 6.12. The van der Waals surface area contributed by atoms with Crippen molar-refractivity contribution in [1.82, 2.24) is 9.97 Å². The van der Waals surface area contributed by atoms with E-state index in [0.29, 0.717) is 10.8 Å². The topological polar surface area (TPSA) is 37.8 Å². The number of nitrogens with one attached hydrogen (secondary N) is 1. The number of thiophene rings is 1. The van der Waals surface area contributed by atoms with Crippen molar-refractivity contribution < 1.29 is 0 Å². The highest BCUT2D eigenvalue weighted by atomic mass is 35.5. The number of fused-ring (bicyclic) bond motifs is 1. The molecule has 2 aromatic heterocycles. The zero-order valence-electron chi connectivity index (χ0n) is 13.3. The Hall–Kier alpha value is -2.14. The van der Waals surface area contributed by atoms with Crippen molar-refractivity contribution in [2.24, 2.45) is 0 Å². The number of nitrogens with zero attached hydrogens (tertiary/aromatic N) is 2. The average Bonchev–Trinajstić information content (AvgIpc) is 2.99. The Kier molecular flexibility index (Phi) is 4.34. The van der Waals surface area contributed by atoms with Gasteiger partial charge in [-0.1, -0.05) is 35.9 Å². The van der Waals surface area contributed by atoms with Gasteiger partial charge in [-0.25, -0.2) is 4.98 Å². The third-order valence-electron chi connectivity index (χ3n) is 3.84. The van der Waals surface area contributed by atoms with Gasteiger partial charge in [0.15, 0.2) is 0 Å². The molecule has 0 amide bonds. The summed E-state index contributed by atoms with van der Waals surface area (Å²) in [5.41, 5.74) is 4.26. The normalized spacial score (nSPS) is 11.0. The molecule has 3 nitrogen and oxygen atoms in total. The number of rotatable bonds is 3. The summed E-state index contributed by atoms with van der Waals surface area (Å²) >= 11 is 13.7. The van der Waals surface area contributed by atoms with Gasteiger partial charge in [0, 0.05) is 21.7 Å². The molecule has 0 fully saturated rings. The van der Waals surface area contributed by atoms with E-state index in [1.54, 1.807) is 11.3 Å². The molecule has 6 heteroatoms. The maximum atomic E-state index is 6.12. The van der Waals surface area contributed by atoms with Crippen molar-refractivity contribution in [1.29, 1.82) is 0 Å². The van der Waals surface area contributed by atoms with Crippen molar-refractivity contribution in [2.45, 2.75) is 6.92 Å².